The highest BCUT2D eigenvalue weighted by atomic mass is 32.2. The predicted molar refractivity (Wildman–Crippen MR) is 102 cm³/mol. The van der Waals surface area contributed by atoms with Crippen LogP contribution in [0.2, 0.25) is 0 Å². The van der Waals surface area contributed by atoms with Crippen molar-refractivity contribution in [2.75, 3.05) is 0 Å². The fourth-order valence-corrected chi connectivity index (χ4v) is 3.84. The molecule has 0 saturated carbocycles. The number of nitrogens with zero attached hydrogens (tertiary/aromatic N) is 1. The molecule has 0 fully saturated rings. The molecule has 2 aromatic carbocycles. The highest BCUT2D eigenvalue weighted by molar-refractivity contribution is 7.90. The van der Waals surface area contributed by atoms with Crippen LogP contribution in [0.1, 0.15) is 31.9 Å². The second-order valence-corrected chi connectivity index (χ2v) is 9.02. The van der Waals surface area contributed by atoms with Crippen LogP contribution < -0.4 is 0 Å². The average Bonchev–Trinajstić information content (AvgIpc) is 2.96. The second-order valence-electron chi connectivity index (χ2n) is 7.20. The third kappa shape index (κ3) is 3.62. The zero-order chi connectivity index (χ0) is 18.2. The minimum absolute atomic E-state index is 0.0737. The van der Waals surface area contributed by atoms with Crippen LogP contribution in [0.3, 0.4) is 0 Å². The SMILES string of the molecule is Cc1ccc(S(=O)(=O)n2ccc3cc(C#CC(C)(C)C)ccc32)cc1. The Hall–Kier alpha value is -2.51. The van der Waals surface area contributed by atoms with Gasteiger partial charge in [-0.1, -0.05) is 29.5 Å². The molecule has 0 aliphatic heterocycles. The molecule has 128 valence electrons. The standard InChI is InChI=1S/C21H21NO2S/c1-16-5-8-19(9-6-16)25(23,24)22-14-12-18-15-17(7-10-20(18)22)11-13-21(2,3)4/h5-10,12,14-15H,1-4H3. The zero-order valence-electron chi connectivity index (χ0n) is 14.9. The van der Waals surface area contributed by atoms with E-state index in [4.69, 9.17) is 0 Å². The van der Waals surface area contributed by atoms with Gasteiger partial charge in [0.15, 0.2) is 0 Å². The summed E-state index contributed by atoms with van der Waals surface area (Å²) in [6.07, 6.45) is 1.60. The van der Waals surface area contributed by atoms with Crippen LogP contribution in [0, 0.1) is 24.2 Å². The molecule has 0 saturated heterocycles. The van der Waals surface area contributed by atoms with Crippen molar-refractivity contribution >= 4 is 20.9 Å². The molecule has 0 unspecified atom stereocenters. The van der Waals surface area contributed by atoms with E-state index in [0.29, 0.717) is 5.52 Å². The maximum atomic E-state index is 12.9. The highest BCUT2D eigenvalue weighted by Gasteiger charge is 2.18. The molecule has 0 aliphatic rings. The van der Waals surface area contributed by atoms with Crippen molar-refractivity contribution < 1.29 is 8.42 Å². The molecule has 0 bridgehead atoms. The van der Waals surface area contributed by atoms with E-state index in [1.807, 2.05) is 31.2 Å². The summed E-state index contributed by atoms with van der Waals surface area (Å²) in [5.41, 5.74) is 2.49. The van der Waals surface area contributed by atoms with Crippen molar-refractivity contribution in [1.29, 1.82) is 0 Å². The van der Waals surface area contributed by atoms with E-state index >= 15 is 0 Å². The monoisotopic (exact) mass is 351 g/mol. The molecule has 0 atom stereocenters. The second kappa shape index (κ2) is 6.09. The van der Waals surface area contributed by atoms with E-state index in [-0.39, 0.29) is 10.3 Å². The van der Waals surface area contributed by atoms with Crippen LogP contribution in [0.25, 0.3) is 10.9 Å². The van der Waals surface area contributed by atoms with E-state index in [0.717, 1.165) is 16.5 Å². The van der Waals surface area contributed by atoms with Crippen LogP contribution in [-0.4, -0.2) is 12.4 Å². The minimum Gasteiger partial charge on any atom is -0.241 e. The van der Waals surface area contributed by atoms with Crippen molar-refractivity contribution in [2.45, 2.75) is 32.6 Å². The molecule has 0 N–H and O–H groups in total. The fourth-order valence-electron chi connectivity index (χ4n) is 2.49. The van der Waals surface area contributed by atoms with E-state index in [2.05, 4.69) is 32.6 Å². The summed E-state index contributed by atoms with van der Waals surface area (Å²) in [5, 5.41) is 0.858. The number of hydrogen-bond donors (Lipinski definition) is 0. The van der Waals surface area contributed by atoms with E-state index in [1.54, 1.807) is 30.5 Å². The number of aryl methyl sites for hydroxylation is 1. The Kier molecular flexibility index (Phi) is 4.22. The molecule has 3 rings (SSSR count). The molecule has 0 spiro atoms. The number of fused-ring (bicyclic) bond motifs is 1. The third-order valence-electron chi connectivity index (χ3n) is 3.81. The lowest BCUT2D eigenvalue weighted by Gasteiger charge is -2.08. The van der Waals surface area contributed by atoms with Crippen LogP contribution in [0.15, 0.2) is 59.6 Å². The topological polar surface area (TPSA) is 39.1 Å². The largest absolute Gasteiger partial charge is 0.268 e. The fraction of sp³-hybridized carbons (Fsp3) is 0.238. The van der Waals surface area contributed by atoms with Gasteiger partial charge in [-0.15, -0.1) is 0 Å². The van der Waals surface area contributed by atoms with E-state index in [1.165, 1.54) is 3.97 Å². The molecule has 0 amide bonds. The van der Waals surface area contributed by atoms with E-state index in [9.17, 15) is 8.42 Å². The van der Waals surface area contributed by atoms with Gasteiger partial charge in [-0.2, -0.15) is 0 Å². The lowest BCUT2D eigenvalue weighted by molar-refractivity contribution is 0.571. The molecule has 0 radical (unpaired) electrons. The zero-order valence-corrected chi connectivity index (χ0v) is 15.7. The Morgan fingerprint density at radius 2 is 1.64 bits per heavy atom. The Balaban J connectivity index is 2.06. The van der Waals surface area contributed by atoms with Crippen LogP contribution in [-0.2, 0) is 10.0 Å². The van der Waals surface area contributed by atoms with Crippen molar-refractivity contribution in [2.24, 2.45) is 5.41 Å². The minimum atomic E-state index is -3.61. The van der Waals surface area contributed by atoms with Crippen molar-refractivity contribution in [3.05, 3.63) is 65.9 Å². The maximum absolute atomic E-state index is 12.9. The summed E-state index contributed by atoms with van der Waals surface area (Å²) < 4.78 is 27.1. The van der Waals surface area contributed by atoms with Crippen LogP contribution in [0.5, 0.6) is 0 Å². The number of rotatable bonds is 2. The van der Waals surface area contributed by atoms with Crippen molar-refractivity contribution in [3.8, 4) is 11.8 Å². The summed E-state index contributed by atoms with van der Waals surface area (Å²) in [6, 6.07) is 14.3. The summed E-state index contributed by atoms with van der Waals surface area (Å²) in [5.74, 6) is 6.35. The first kappa shape index (κ1) is 17.3. The van der Waals surface area contributed by atoms with Gasteiger partial charge in [0, 0.05) is 22.6 Å². The van der Waals surface area contributed by atoms with Gasteiger partial charge in [0.05, 0.1) is 10.4 Å². The molecular formula is C21H21NO2S. The van der Waals surface area contributed by atoms with Gasteiger partial charge in [0.25, 0.3) is 10.0 Å². The smallest absolute Gasteiger partial charge is 0.241 e. The number of benzene rings is 2. The first-order valence-corrected chi connectivity index (χ1v) is 9.57. The van der Waals surface area contributed by atoms with Gasteiger partial charge in [-0.25, -0.2) is 12.4 Å². The Bertz CT molecular complexity index is 1090. The number of hydrogen-bond acceptors (Lipinski definition) is 2. The maximum Gasteiger partial charge on any atom is 0.268 e. The van der Waals surface area contributed by atoms with Gasteiger partial charge in [0.2, 0.25) is 0 Å². The summed E-state index contributed by atoms with van der Waals surface area (Å²) in [6.45, 7) is 8.11. The molecule has 1 aromatic heterocycles. The predicted octanol–water partition coefficient (Wildman–Crippen LogP) is 4.58. The lowest BCUT2D eigenvalue weighted by Crippen LogP contribution is -2.11. The van der Waals surface area contributed by atoms with Gasteiger partial charge in [0.1, 0.15) is 0 Å². The van der Waals surface area contributed by atoms with Gasteiger partial charge < -0.3 is 0 Å². The Labute approximate surface area is 149 Å². The molecule has 4 heteroatoms. The summed E-state index contributed by atoms with van der Waals surface area (Å²) in [7, 11) is -3.61. The van der Waals surface area contributed by atoms with Gasteiger partial charge >= 0.3 is 0 Å². The van der Waals surface area contributed by atoms with Crippen LogP contribution in [0.4, 0.5) is 0 Å². The average molecular weight is 351 g/mol. The molecule has 25 heavy (non-hydrogen) atoms. The first-order valence-electron chi connectivity index (χ1n) is 8.13. The van der Waals surface area contributed by atoms with Gasteiger partial charge in [-0.3, -0.25) is 0 Å². The molecule has 1 heterocycles. The molecule has 3 nitrogen and oxygen atoms in total. The highest BCUT2D eigenvalue weighted by Crippen LogP contribution is 2.23. The normalized spacial score (nSPS) is 12.0. The Morgan fingerprint density at radius 3 is 2.28 bits per heavy atom. The van der Waals surface area contributed by atoms with Crippen molar-refractivity contribution in [1.82, 2.24) is 3.97 Å². The lowest BCUT2D eigenvalue weighted by atomic mass is 9.97. The Morgan fingerprint density at radius 1 is 0.960 bits per heavy atom. The van der Waals surface area contributed by atoms with Crippen molar-refractivity contribution in [3.63, 3.8) is 0 Å². The molecular weight excluding hydrogens is 330 g/mol. The quantitative estimate of drug-likeness (QED) is 0.634. The van der Waals surface area contributed by atoms with Crippen LogP contribution >= 0.6 is 0 Å². The summed E-state index contributed by atoms with van der Waals surface area (Å²) in [4.78, 5) is 0.284. The number of aromatic nitrogens is 1. The third-order valence-corrected chi connectivity index (χ3v) is 5.52. The molecule has 0 aliphatic carbocycles. The molecule has 3 aromatic rings. The first-order chi connectivity index (χ1) is 11.7. The summed E-state index contributed by atoms with van der Waals surface area (Å²) >= 11 is 0. The van der Waals surface area contributed by atoms with Gasteiger partial charge in [-0.05, 0) is 64.1 Å². The van der Waals surface area contributed by atoms with E-state index < -0.39 is 10.0 Å².